The van der Waals surface area contributed by atoms with E-state index < -0.39 is 0 Å². The highest BCUT2D eigenvalue weighted by Gasteiger charge is 2.37. The Morgan fingerprint density at radius 2 is 2.04 bits per heavy atom. The van der Waals surface area contributed by atoms with Gasteiger partial charge >= 0.3 is 0 Å². The van der Waals surface area contributed by atoms with Crippen LogP contribution >= 0.6 is 0 Å². The minimum Gasteiger partial charge on any atom is -0.454 e. The number of hydrogen-bond donors (Lipinski definition) is 0. The van der Waals surface area contributed by atoms with Gasteiger partial charge in [-0.25, -0.2) is 0 Å². The highest BCUT2D eigenvalue weighted by atomic mass is 16.5. The molecule has 1 aliphatic heterocycles. The molecule has 1 amide bonds. The van der Waals surface area contributed by atoms with Crippen LogP contribution in [-0.4, -0.2) is 40.7 Å². The molecule has 25 heavy (non-hydrogen) atoms. The molecule has 1 aliphatic carbocycles. The summed E-state index contributed by atoms with van der Waals surface area (Å²) in [5.41, 5.74) is -0.0926. The Labute approximate surface area is 146 Å². The first-order chi connectivity index (χ1) is 12.2. The number of hydrogen-bond acceptors (Lipinski definition) is 4. The van der Waals surface area contributed by atoms with Gasteiger partial charge in [0.1, 0.15) is 5.76 Å². The van der Waals surface area contributed by atoms with Crippen molar-refractivity contribution >= 4 is 5.91 Å². The number of carbonyl (C=O) groups is 1. The first-order valence-corrected chi connectivity index (χ1v) is 8.89. The lowest BCUT2D eigenvalue weighted by atomic mass is 9.90. The first kappa shape index (κ1) is 16.1. The number of amides is 1. The third-order valence-corrected chi connectivity index (χ3v) is 5.09. The molecule has 0 radical (unpaired) electrons. The SMILES string of the molecule is O=C(c1ccc(Cn2ccccc2=O)o1)N1CCO[C@@H]2CCCC[C@@H]21. The Hall–Kier alpha value is -2.34. The molecule has 2 aliphatic rings. The maximum Gasteiger partial charge on any atom is 0.289 e. The summed E-state index contributed by atoms with van der Waals surface area (Å²) in [6.07, 6.45) is 6.18. The van der Waals surface area contributed by atoms with Crippen LogP contribution in [0.2, 0.25) is 0 Å². The quantitative estimate of drug-likeness (QED) is 0.858. The minimum atomic E-state index is -0.0926. The number of ether oxygens (including phenoxy) is 1. The van der Waals surface area contributed by atoms with Crippen molar-refractivity contribution in [2.24, 2.45) is 0 Å². The van der Waals surface area contributed by atoms with Crippen molar-refractivity contribution in [3.8, 4) is 0 Å². The minimum absolute atomic E-state index is 0.0770. The van der Waals surface area contributed by atoms with Gasteiger partial charge in [-0.2, -0.15) is 0 Å². The second-order valence-electron chi connectivity index (χ2n) is 6.69. The van der Waals surface area contributed by atoms with E-state index in [1.807, 2.05) is 4.90 Å². The van der Waals surface area contributed by atoms with Crippen molar-refractivity contribution < 1.29 is 13.9 Å². The Bertz CT molecular complexity index is 808. The van der Waals surface area contributed by atoms with E-state index in [1.54, 1.807) is 35.0 Å². The maximum atomic E-state index is 12.9. The molecule has 4 rings (SSSR count). The molecule has 0 unspecified atom stereocenters. The molecule has 0 bridgehead atoms. The molecule has 1 saturated heterocycles. The van der Waals surface area contributed by atoms with Gasteiger partial charge < -0.3 is 18.6 Å². The maximum absolute atomic E-state index is 12.9. The number of aromatic nitrogens is 1. The van der Waals surface area contributed by atoms with Crippen molar-refractivity contribution in [1.82, 2.24) is 9.47 Å². The summed E-state index contributed by atoms with van der Waals surface area (Å²) >= 11 is 0. The van der Waals surface area contributed by atoms with E-state index in [0.29, 0.717) is 31.2 Å². The van der Waals surface area contributed by atoms with E-state index in [-0.39, 0.29) is 23.6 Å². The van der Waals surface area contributed by atoms with E-state index in [9.17, 15) is 9.59 Å². The number of rotatable bonds is 3. The molecule has 2 aromatic rings. The van der Waals surface area contributed by atoms with E-state index in [4.69, 9.17) is 9.15 Å². The molecule has 132 valence electrons. The summed E-state index contributed by atoms with van der Waals surface area (Å²) < 4.78 is 13.1. The molecule has 0 aromatic carbocycles. The van der Waals surface area contributed by atoms with E-state index in [1.165, 1.54) is 12.5 Å². The monoisotopic (exact) mass is 342 g/mol. The molecular formula is C19H22N2O4. The molecule has 0 N–H and O–H groups in total. The average Bonchev–Trinajstić information content (AvgIpc) is 3.11. The second-order valence-corrected chi connectivity index (χ2v) is 6.69. The van der Waals surface area contributed by atoms with Gasteiger partial charge in [0.2, 0.25) is 0 Å². The summed E-state index contributed by atoms with van der Waals surface area (Å²) in [5.74, 6) is 0.863. The normalized spacial score (nSPS) is 23.3. The largest absolute Gasteiger partial charge is 0.454 e. The molecule has 6 heteroatoms. The molecule has 0 spiro atoms. The third-order valence-electron chi connectivity index (χ3n) is 5.09. The summed E-state index contributed by atoms with van der Waals surface area (Å²) in [6.45, 7) is 1.51. The number of carbonyl (C=O) groups excluding carboxylic acids is 1. The van der Waals surface area contributed by atoms with Crippen LogP contribution in [0, 0.1) is 0 Å². The van der Waals surface area contributed by atoms with E-state index in [0.717, 1.165) is 19.3 Å². The second kappa shape index (κ2) is 6.88. The zero-order chi connectivity index (χ0) is 17.2. The lowest BCUT2D eigenvalue weighted by molar-refractivity contribution is -0.0759. The van der Waals surface area contributed by atoms with E-state index >= 15 is 0 Å². The van der Waals surface area contributed by atoms with Crippen molar-refractivity contribution in [2.45, 2.75) is 44.4 Å². The number of fused-ring (bicyclic) bond motifs is 1. The predicted molar refractivity (Wildman–Crippen MR) is 91.5 cm³/mol. The summed E-state index contributed by atoms with van der Waals surface area (Å²) in [6, 6.07) is 8.64. The first-order valence-electron chi connectivity index (χ1n) is 8.89. The molecule has 2 atom stereocenters. The van der Waals surface area contributed by atoms with Crippen LogP contribution in [0.4, 0.5) is 0 Å². The van der Waals surface area contributed by atoms with Gasteiger partial charge in [0.25, 0.3) is 11.5 Å². The number of nitrogens with zero attached hydrogens (tertiary/aromatic N) is 2. The van der Waals surface area contributed by atoms with Crippen LogP contribution < -0.4 is 5.56 Å². The highest BCUT2D eigenvalue weighted by Crippen LogP contribution is 2.29. The summed E-state index contributed by atoms with van der Waals surface area (Å²) in [7, 11) is 0. The van der Waals surface area contributed by atoms with Gasteiger partial charge in [-0.1, -0.05) is 18.9 Å². The fraction of sp³-hybridized carbons (Fsp3) is 0.474. The Balaban J connectivity index is 1.50. The zero-order valence-corrected chi connectivity index (χ0v) is 14.1. The van der Waals surface area contributed by atoms with E-state index in [2.05, 4.69) is 0 Å². The molecule has 2 fully saturated rings. The van der Waals surface area contributed by atoms with Crippen molar-refractivity contribution in [2.75, 3.05) is 13.2 Å². The van der Waals surface area contributed by atoms with Crippen molar-refractivity contribution in [3.05, 3.63) is 58.4 Å². The van der Waals surface area contributed by atoms with Crippen LogP contribution in [-0.2, 0) is 11.3 Å². The topological polar surface area (TPSA) is 64.7 Å². The van der Waals surface area contributed by atoms with Crippen molar-refractivity contribution in [3.63, 3.8) is 0 Å². The Morgan fingerprint density at radius 3 is 2.92 bits per heavy atom. The van der Waals surface area contributed by atoms with Crippen LogP contribution in [0.5, 0.6) is 0 Å². The van der Waals surface area contributed by atoms with Gasteiger partial charge in [0, 0.05) is 18.8 Å². The Morgan fingerprint density at radius 1 is 1.16 bits per heavy atom. The number of furan rings is 1. The van der Waals surface area contributed by atoms with Crippen LogP contribution in [0.25, 0.3) is 0 Å². The van der Waals surface area contributed by atoms with Gasteiger partial charge in [0.05, 0.1) is 25.3 Å². The summed E-state index contributed by atoms with van der Waals surface area (Å²) in [4.78, 5) is 26.6. The molecule has 6 nitrogen and oxygen atoms in total. The predicted octanol–water partition coefficient (Wildman–Crippen LogP) is 2.27. The highest BCUT2D eigenvalue weighted by molar-refractivity contribution is 5.91. The van der Waals surface area contributed by atoms with Crippen LogP contribution in [0.1, 0.15) is 42.0 Å². The van der Waals surface area contributed by atoms with Crippen LogP contribution in [0.3, 0.4) is 0 Å². The van der Waals surface area contributed by atoms with Gasteiger partial charge in [-0.15, -0.1) is 0 Å². The smallest absolute Gasteiger partial charge is 0.289 e. The Kier molecular flexibility index (Phi) is 4.44. The molecule has 1 saturated carbocycles. The number of morpholine rings is 1. The third kappa shape index (κ3) is 3.26. The lowest BCUT2D eigenvalue weighted by Gasteiger charge is -2.43. The number of pyridine rings is 1. The molecule has 3 heterocycles. The lowest BCUT2D eigenvalue weighted by Crippen LogP contribution is -2.54. The van der Waals surface area contributed by atoms with Gasteiger partial charge in [-0.3, -0.25) is 9.59 Å². The summed E-state index contributed by atoms with van der Waals surface area (Å²) in [5, 5.41) is 0. The molecular weight excluding hydrogens is 320 g/mol. The fourth-order valence-corrected chi connectivity index (χ4v) is 3.83. The van der Waals surface area contributed by atoms with Crippen molar-refractivity contribution in [1.29, 1.82) is 0 Å². The van der Waals surface area contributed by atoms with Gasteiger partial charge in [-0.05, 0) is 31.0 Å². The van der Waals surface area contributed by atoms with Crippen LogP contribution in [0.15, 0.2) is 45.7 Å². The standard InChI is InChI=1S/C19H22N2O4/c22-18-7-3-4-10-20(18)13-14-8-9-17(25-14)19(23)21-11-12-24-16-6-2-1-5-15(16)21/h3-4,7-10,15-16H,1-2,5-6,11-13H2/t15-,16+/m0/s1. The van der Waals surface area contributed by atoms with Gasteiger partial charge in [0.15, 0.2) is 5.76 Å². The zero-order valence-electron chi connectivity index (χ0n) is 14.1. The average molecular weight is 342 g/mol. The molecule has 2 aromatic heterocycles. The fourth-order valence-electron chi connectivity index (χ4n) is 3.83.